The molecule has 1 aromatic carbocycles. The van der Waals surface area contributed by atoms with Crippen molar-refractivity contribution < 1.29 is 9.53 Å². The molecule has 2 nitrogen and oxygen atoms in total. The summed E-state index contributed by atoms with van der Waals surface area (Å²) in [7, 11) is 1.38. The zero-order valence-corrected chi connectivity index (χ0v) is 9.98. The lowest BCUT2D eigenvalue weighted by molar-refractivity contribution is -0.134. The van der Waals surface area contributed by atoms with Gasteiger partial charge in [0.25, 0.3) is 0 Å². The zero-order chi connectivity index (χ0) is 12.1. The van der Waals surface area contributed by atoms with Crippen LogP contribution >= 0.6 is 0 Å². The van der Waals surface area contributed by atoms with Crippen molar-refractivity contribution >= 4 is 11.5 Å². The van der Waals surface area contributed by atoms with Crippen LogP contribution in [0, 0.1) is 0 Å². The third-order valence-corrected chi connectivity index (χ3v) is 2.99. The minimum absolute atomic E-state index is 0.314. The number of ether oxygens (including phenoxy) is 1. The molecule has 1 aliphatic rings. The minimum atomic E-state index is -0.314. The van der Waals surface area contributed by atoms with E-state index in [1.807, 2.05) is 6.08 Å². The topological polar surface area (TPSA) is 26.3 Å². The van der Waals surface area contributed by atoms with E-state index in [1.54, 1.807) is 6.08 Å². The highest BCUT2D eigenvalue weighted by atomic mass is 16.5. The number of carbonyl (C=O) groups is 1. The highest BCUT2D eigenvalue weighted by molar-refractivity contribution is 5.83. The molecule has 0 atom stereocenters. The van der Waals surface area contributed by atoms with Gasteiger partial charge in [0, 0.05) is 6.08 Å². The van der Waals surface area contributed by atoms with E-state index in [0.29, 0.717) is 0 Å². The molecule has 2 rings (SSSR count). The number of esters is 1. The van der Waals surface area contributed by atoms with Crippen LogP contribution in [0.3, 0.4) is 0 Å². The number of carbonyl (C=O) groups excluding carboxylic acids is 1. The second kappa shape index (κ2) is 5.48. The molecule has 0 aromatic heterocycles. The van der Waals surface area contributed by atoms with E-state index in [0.717, 1.165) is 12.8 Å². The van der Waals surface area contributed by atoms with Gasteiger partial charge in [-0.05, 0) is 36.0 Å². The van der Waals surface area contributed by atoms with E-state index in [1.165, 1.54) is 36.3 Å². The number of allylic oxidation sites excluding steroid dienone is 3. The van der Waals surface area contributed by atoms with E-state index in [9.17, 15) is 4.79 Å². The van der Waals surface area contributed by atoms with Crippen LogP contribution in [-0.2, 0) is 16.0 Å². The number of fused-ring (bicyclic) bond motifs is 1. The van der Waals surface area contributed by atoms with Crippen LogP contribution in [0.25, 0.3) is 5.57 Å². The first kappa shape index (κ1) is 11.6. The summed E-state index contributed by atoms with van der Waals surface area (Å²) in [4.78, 5) is 11.0. The minimum Gasteiger partial charge on any atom is -0.466 e. The van der Waals surface area contributed by atoms with Crippen LogP contribution in [0.5, 0.6) is 0 Å². The van der Waals surface area contributed by atoms with Crippen molar-refractivity contribution in [2.75, 3.05) is 7.11 Å². The molecule has 0 N–H and O–H groups in total. The van der Waals surface area contributed by atoms with E-state index >= 15 is 0 Å². The Balaban J connectivity index is 2.21. The van der Waals surface area contributed by atoms with Crippen molar-refractivity contribution in [1.29, 1.82) is 0 Å². The van der Waals surface area contributed by atoms with Gasteiger partial charge >= 0.3 is 5.97 Å². The molecule has 0 unspecified atom stereocenters. The summed E-state index contributed by atoms with van der Waals surface area (Å²) in [6.45, 7) is 0. The molecule has 17 heavy (non-hydrogen) atoms. The molecule has 0 aliphatic heterocycles. The van der Waals surface area contributed by atoms with E-state index in [-0.39, 0.29) is 5.97 Å². The molecule has 88 valence electrons. The molecule has 1 aliphatic carbocycles. The number of rotatable bonds is 2. The summed E-state index contributed by atoms with van der Waals surface area (Å²) >= 11 is 0. The molecular weight excluding hydrogens is 212 g/mol. The van der Waals surface area contributed by atoms with Gasteiger partial charge in [-0.1, -0.05) is 36.4 Å². The van der Waals surface area contributed by atoms with Gasteiger partial charge in [0.15, 0.2) is 0 Å². The van der Waals surface area contributed by atoms with Gasteiger partial charge in [-0.15, -0.1) is 0 Å². The molecule has 0 heterocycles. The molecule has 0 saturated heterocycles. The fraction of sp³-hybridized carbons (Fsp3) is 0.267. The lowest BCUT2D eigenvalue weighted by atomic mass is 9.87. The molecule has 1 aromatic rings. The number of benzene rings is 1. The third kappa shape index (κ3) is 2.84. The van der Waals surface area contributed by atoms with Gasteiger partial charge in [0.05, 0.1) is 7.11 Å². The van der Waals surface area contributed by atoms with E-state index in [2.05, 4.69) is 29.0 Å². The first-order valence-electron chi connectivity index (χ1n) is 5.84. The Morgan fingerprint density at radius 3 is 2.94 bits per heavy atom. The lowest BCUT2D eigenvalue weighted by Gasteiger charge is -2.18. The Morgan fingerprint density at radius 2 is 2.12 bits per heavy atom. The lowest BCUT2D eigenvalue weighted by Crippen LogP contribution is -2.01. The molecule has 0 radical (unpaired) electrons. The molecule has 0 spiro atoms. The Hall–Kier alpha value is -1.83. The second-order valence-electron chi connectivity index (χ2n) is 4.08. The maximum absolute atomic E-state index is 11.0. The Bertz CT molecular complexity index is 470. The van der Waals surface area contributed by atoms with E-state index in [4.69, 9.17) is 0 Å². The molecule has 0 amide bonds. The second-order valence-corrected chi connectivity index (χ2v) is 4.08. The Morgan fingerprint density at radius 1 is 1.29 bits per heavy atom. The van der Waals surface area contributed by atoms with Crippen molar-refractivity contribution in [1.82, 2.24) is 0 Å². The average Bonchev–Trinajstić information content (AvgIpc) is 2.39. The van der Waals surface area contributed by atoms with Crippen molar-refractivity contribution in [2.24, 2.45) is 0 Å². The van der Waals surface area contributed by atoms with E-state index < -0.39 is 0 Å². The molecule has 2 heteroatoms. The van der Waals surface area contributed by atoms with Gasteiger partial charge in [-0.3, -0.25) is 0 Å². The van der Waals surface area contributed by atoms with Crippen molar-refractivity contribution in [3.05, 3.63) is 53.6 Å². The first-order chi connectivity index (χ1) is 8.31. The first-order valence-corrected chi connectivity index (χ1v) is 5.84. The van der Waals surface area contributed by atoms with Crippen molar-refractivity contribution in [3.8, 4) is 0 Å². The van der Waals surface area contributed by atoms with Crippen molar-refractivity contribution in [3.63, 3.8) is 0 Å². The summed E-state index contributed by atoms with van der Waals surface area (Å²) < 4.78 is 4.55. The maximum Gasteiger partial charge on any atom is 0.330 e. The monoisotopic (exact) mass is 228 g/mol. The summed E-state index contributed by atoms with van der Waals surface area (Å²) in [5.41, 5.74) is 4.01. The van der Waals surface area contributed by atoms with Crippen LogP contribution < -0.4 is 0 Å². The van der Waals surface area contributed by atoms with Gasteiger partial charge in [-0.2, -0.15) is 0 Å². The smallest absolute Gasteiger partial charge is 0.330 e. The highest BCUT2D eigenvalue weighted by Gasteiger charge is 2.11. The molecule has 0 bridgehead atoms. The number of hydrogen-bond donors (Lipinski definition) is 0. The number of methoxy groups -OCH3 is 1. The summed E-state index contributed by atoms with van der Waals surface area (Å²) in [5.74, 6) is -0.314. The molecule has 0 saturated carbocycles. The SMILES string of the molecule is COC(=O)C=CC=C1CCCc2ccccc21. The number of aryl methyl sites for hydroxylation is 1. The normalized spacial score (nSPS) is 17.1. The van der Waals surface area contributed by atoms with Crippen LogP contribution in [0.1, 0.15) is 24.0 Å². The molecular formula is C15H16O2. The predicted molar refractivity (Wildman–Crippen MR) is 68.5 cm³/mol. The van der Waals surface area contributed by atoms with Crippen molar-refractivity contribution in [2.45, 2.75) is 19.3 Å². The quantitative estimate of drug-likeness (QED) is 0.574. The van der Waals surface area contributed by atoms with Crippen LogP contribution in [0.2, 0.25) is 0 Å². The fourth-order valence-corrected chi connectivity index (χ4v) is 2.14. The van der Waals surface area contributed by atoms with Gasteiger partial charge in [-0.25, -0.2) is 4.79 Å². The average molecular weight is 228 g/mol. The molecule has 0 fully saturated rings. The van der Waals surface area contributed by atoms with Crippen LogP contribution in [0.4, 0.5) is 0 Å². The number of hydrogen-bond acceptors (Lipinski definition) is 2. The fourth-order valence-electron chi connectivity index (χ4n) is 2.14. The summed E-state index contributed by atoms with van der Waals surface area (Å²) in [6, 6.07) is 8.45. The highest BCUT2D eigenvalue weighted by Crippen LogP contribution is 2.30. The van der Waals surface area contributed by atoms with Gasteiger partial charge < -0.3 is 4.74 Å². The van der Waals surface area contributed by atoms with Crippen LogP contribution in [-0.4, -0.2) is 13.1 Å². The summed E-state index contributed by atoms with van der Waals surface area (Å²) in [5, 5.41) is 0. The largest absolute Gasteiger partial charge is 0.466 e. The van der Waals surface area contributed by atoms with Gasteiger partial charge in [0.2, 0.25) is 0 Å². The standard InChI is InChI=1S/C15H16O2/c1-17-15(16)11-5-9-13-8-4-7-12-6-2-3-10-14(12)13/h2-3,5-6,9-11H,4,7-8H2,1H3. The Kier molecular flexibility index (Phi) is 3.76. The summed E-state index contributed by atoms with van der Waals surface area (Å²) in [6.07, 6.45) is 8.62. The zero-order valence-electron chi connectivity index (χ0n) is 9.98. The van der Waals surface area contributed by atoms with Gasteiger partial charge in [0.1, 0.15) is 0 Å². The maximum atomic E-state index is 11.0. The predicted octanol–water partition coefficient (Wildman–Crippen LogP) is 3.14. The van der Waals surface area contributed by atoms with Crippen LogP contribution in [0.15, 0.2) is 42.5 Å². The Labute approximate surface area is 102 Å². The third-order valence-electron chi connectivity index (χ3n) is 2.99.